The summed E-state index contributed by atoms with van der Waals surface area (Å²) in [5, 5.41) is 13.5. The first kappa shape index (κ1) is 17.9. The molecule has 0 bridgehead atoms. The molecule has 1 atom stereocenters. The van der Waals surface area contributed by atoms with Crippen LogP contribution in [0.4, 0.5) is 0 Å². The van der Waals surface area contributed by atoms with Gasteiger partial charge in [-0.3, -0.25) is 4.79 Å². The molecule has 1 aromatic heterocycles. The number of nitrogens with zero attached hydrogens (tertiary/aromatic N) is 1. The first-order valence-corrected chi connectivity index (χ1v) is 8.96. The summed E-state index contributed by atoms with van der Waals surface area (Å²) in [6.07, 6.45) is 2.49. The van der Waals surface area contributed by atoms with E-state index in [1.807, 2.05) is 18.2 Å². The van der Waals surface area contributed by atoms with Crippen molar-refractivity contribution in [3.63, 3.8) is 0 Å². The lowest BCUT2D eigenvalue weighted by molar-refractivity contribution is -0.121. The number of aliphatic hydroxyl groups is 1. The van der Waals surface area contributed by atoms with Gasteiger partial charge < -0.3 is 10.4 Å². The van der Waals surface area contributed by atoms with Crippen LogP contribution in [0, 0.1) is 5.41 Å². The highest BCUT2D eigenvalue weighted by molar-refractivity contribution is 7.18. The zero-order valence-electron chi connectivity index (χ0n) is 14.1. The second-order valence-electron chi connectivity index (χ2n) is 6.92. The smallest absolute Gasteiger partial charge is 0.220 e. The number of hydrogen-bond donors (Lipinski definition) is 2. The summed E-state index contributed by atoms with van der Waals surface area (Å²) in [6, 6.07) is 8.11. The Morgan fingerprint density at radius 3 is 2.83 bits per heavy atom. The molecule has 126 valence electrons. The second-order valence-corrected chi connectivity index (χ2v) is 8.04. The zero-order valence-corrected chi connectivity index (χ0v) is 14.9. The molecular formula is C18H26N2O2S. The monoisotopic (exact) mass is 334 g/mol. The number of fused-ring (bicyclic) bond motifs is 1. The van der Waals surface area contributed by atoms with Crippen LogP contribution in [0.5, 0.6) is 0 Å². The normalized spacial score (nSPS) is 13.2. The predicted molar refractivity (Wildman–Crippen MR) is 95.6 cm³/mol. The van der Waals surface area contributed by atoms with E-state index in [4.69, 9.17) is 0 Å². The van der Waals surface area contributed by atoms with E-state index < -0.39 is 0 Å². The van der Waals surface area contributed by atoms with Crippen molar-refractivity contribution in [2.45, 2.75) is 52.6 Å². The van der Waals surface area contributed by atoms with Gasteiger partial charge in [-0.2, -0.15) is 0 Å². The molecule has 1 heterocycles. The maximum absolute atomic E-state index is 11.9. The van der Waals surface area contributed by atoms with Gasteiger partial charge >= 0.3 is 0 Å². The van der Waals surface area contributed by atoms with Crippen LogP contribution in [0.3, 0.4) is 0 Å². The Morgan fingerprint density at radius 1 is 1.39 bits per heavy atom. The fourth-order valence-corrected chi connectivity index (χ4v) is 3.73. The fourth-order valence-electron chi connectivity index (χ4n) is 2.73. The van der Waals surface area contributed by atoms with Gasteiger partial charge in [0.2, 0.25) is 5.91 Å². The molecule has 0 radical (unpaired) electrons. The van der Waals surface area contributed by atoms with Crippen molar-refractivity contribution in [3.05, 3.63) is 29.3 Å². The second kappa shape index (κ2) is 7.88. The molecule has 2 N–H and O–H groups in total. The van der Waals surface area contributed by atoms with Crippen molar-refractivity contribution in [2.24, 2.45) is 5.41 Å². The number of carbonyl (C=O) groups excluding carboxylic acids is 1. The SMILES string of the molecule is CC(O)CC(C)(C)CNC(=O)CCCc1nc2ccccc2s1. The van der Waals surface area contributed by atoms with Crippen LogP contribution in [-0.4, -0.2) is 28.6 Å². The Hall–Kier alpha value is -1.46. The summed E-state index contributed by atoms with van der Waals surface area (Å²) in [6.45, 7) is 6.49. The topological polar surface area (TPSA) is 62.2 Å². The molecule has 0 spiro atoms. The average molecular weight is 334 g/mol. The van der Waals surface area contributed by atoms with E-state index in [1.165, 1.54) is 4.70 Å². The van der Waals surface area contributed by atoms with Gasteiger partial charge in [-0.05, 0) is 43.7 Å². The zero-order chi connectivity index (χ0) is 16.9. The van der Waals surface area contributed by atoms with Crippen LogP contribution in [-0.2, 0) is 11.2 Å². The van der Waals surface area contributed by atoms with Gasteiger partial charge in [-0.15, -0.1) is 11.3 Å². The highest BCUT2D eigenvalue weighted by Crippen LogP contribution is 2.23. The molecule has 0 aliphatic heterocycles. The molecule has 0 aliphatic carbocycles. The molecule has 1 amide bonds. The summed E-state index contributed by atoms with van der Waals surface area (Å²) in [5.74, 6) is 0.0739. The molecule has 0 saturated heterocycles. The first-order valence-electron chi connectivity index (χ1n) is 8.15. The third kappa shape index (κ3) is 5.92. The minimum Gasteiger partial charge on any atom is -0.393 e. The average Bonchev–Trinajstić information content (AvgIpc) is 2.86. The molecule has 0 saturated carbocycles. The molecule has 5 heteroatoms. The van der Waals surface area contributed by atoms with Crippen LogP contribution >= 0.6 is 11.3 Å². The quantitative estimate of drug-likeness (QED) is 0.776. The Balaban J connectivity index is 1.72. The maximum Gasteiger partial charge on any atom is 0.220 e. The number of amides is 1. The highest BCUT2D eigenvalue weighted by atomic mass is 32.1. The van der Waals surface area contributed by atoms with Crippen LogP contribution < -0.4 is 5.32 Å². The minimum absolute atomic E-state index is 0.0739. The van der Waals surface area contributed by atoms with Crippen molar-refractivity contribution in [3.8, 4) is 0 Å². The van der Waals surface area contributed by atoms with E-state index in [2.05, 4.69) is 30.2 Å². The lowest BCUT2D eigenvalue weighted by Gasteiger charge is -2.26. The number of para-hydroxylation sites is 1. The molecule has 23 heavy (non-hydrogen) atoms. The molecule has 4 nitrogen and oxygen atoms in total. The Morgan fingerprint density at radius 2 is 2.13 bits per heavy atom. The largest absolute Gasteiger partial charge is 0.393 e. The number of thiazole rings is 1. The summed E-state index contributed by atoms with van der Waals surface area (Å²) >= 11 is 1.70. The van der Waals surface area contributed by atoms with Crippen molar-refractivity contribution in [1.82, 2.24) is 10.3 Å². The van der Waals surface area contributed by atoms with Crippen molar-refractivity contribution in [2.75, 3.05) is 6.54 Å². The third-order valence-electron chi connectivity index (χ3n) is 3.74. The molecule has 0 aliphatic rings. The minimum atomic E-state index is -0.346. The Bertz CT molecular complexity index is 616. The van der Waals surface area contributed by atoms with E-state index >= 15 is 0 Å². The number of aryl methyl sites for hydroxylation is 1. The van der Waals surface area contributed by atoms with E-state index in [1.54, 1.807) is 18.3 Å². The van der Waals surface area contributed by atoms with Crippen molar-refractivity contribution < 1.29 is 9.90 Å². The van der Waals surface area contributed by atoms with Crippen molar-refractivity contribution in [1.29, 1.82) is 0 Å². The summed E-state index contributed by atoms with van der Waals surface area (Å²) in [5.41, 5.74) is 0.952. The van der Waals surface area contributed by atoms with Crippen LogP contribution in [0.1, 0.15) is 45.0 Å². The van der Waals surface area contributed by atoms with Gasteiger partial charge in [0.05, 0.1) is 21.3 Å². The van der Waals surface area contributed by atoms with Gasteiger partial charge in [-0.1, -0.05) is 26.0 Å². The summed E-state index contributed by atoms with van der Waals surface area (Å²) in [7, 11) is 0. The lowest BCUT2D eigenvalue weighted by Crippen LogP contribution is -2.35. The molecule has 1 unspecified atom stereocenters. The van der Waals surface area contributed by atoms with E-state index in [-0.39, 0.29) is 17.4 Å². The van der Waals surface area contributed by atoms with Crippen LogP contribution in [0.2, 0.25) is 0 Å². The maximum atomic E-state index is 11.9. The number of hydrogen-bond acceptors (Lipinski definition) is 4. The molecular weight excluding hydrogens is 308 g/mol. The fraction of sp³-hybridized carbons (Fsp3) is 0.556. The standard InChI is InChI=1S/C18H26N2O2S/c1-13(21)11-18(2,3)12-19-16(22)9-6-10-17-20-14-7-4-5-8-15(14)23-17/h4-5,7-8,13,21H,6,9-12H2,1-3H3,(H,19,22). The van der Waals surface area contributed by atoms with Gasteiger partial charge in [0, 0.05) is 13.0 Å². The van der Waals surface area contributed by atoms with Gasteiger partial charge in [-0.25, -0.2) is 4.98 Å². The molecule has 0 fully saturated rings. The molecule has 2 aromatic rings. The number of nitrogens with one attached hydrogen (secondary N) is 1. The van der Waals surface area contributed by atoms with Gasteiger partial charge in [0.15, 0.2) is 0 Å². The number of benzene rings is 1. The van der Waals surface area contributed by atoms with E-state index in [0.29, 0.717) is 19.4 Å². The lowest BCUT2D eigenvalue weighted by atomic mass is 9.87. The number of aromatic nitrogens is 1. The van der Waals surface area contributed by atoms with Gasteiger partial charge in [0.25, 0.3) is 0 Å². The van der Waals surface area contributed by atoms with E-state index in [9.17, 15) is 9.90 Å². The Labute approximate surface area is 141 Å². The van der Waals surface area contributed by atoms with Gasteiger partial charge in [0.1, 0.15) is 0 Å². The Kier molecular flexibility index (Phi) is 6.13. The molecule has 1 aromatic carbocycles. The predicted octanol–water partition coefficient (Wildman–Crippen LogP) is 3.53. The number of aliphatic hydroxyl groups excluding tert-OH is 1. The van der Waals surface area contributed by atoms with Crippen LogP contribution in [0.25, 0.3) is 10.2 Å². The van der Waals surface area contributed by atoms with Crippen LogP contribution in [0.15, 0.2) is 24.3 Å². The summed E-state index contributed by atoms with van der Waals surface area (Å²) in [4.78, 5) is 16.5. The number of rotatable bonds is 8. The number of carbonyl (C=O) groups is 1. The third-order valence-corrected chi connectivity index (χ3v) is 4.84. The first-order chi connectivity index (χ1) is 10.9. The summed E-state index contributed by atoms with van der Waals surface area (Å²) < 4.78 is 1.20. The highest BCUT2D eigenvalue weighted by Gasteiger charge is 2.20. The molecule has 2 rings (SSSR count). The van der Waals surface area contributed by atoms with E-state index in [0.717, 1.165) is 23.4 Å². The van der Waals surface area contributed by atoms with Crippen molar-refractivity contribution >= 4 is 27.5 Å².